The van der Waals surface area contributed by atoms with Crippen LogP contribution in [0.25, 0.3) is 27.6 Å². The number of rotatable bonds is 7. The van der Waals surface area contributed by atoms with Crippen molar-refractivity contribution in [3.63, 3.8) is 0 Å². The number of H-pyrrole nitrogens is 1. The monoisotopic (exact) mass is 690 g/mol. The summed E-state index contributed by atoms with van der Waals surface area (Å²) < 4.78 is 11.7. The molecule has 0 aliphatic heterocycles. The first-order valence-electron chi connectivity index (χ1n) is 15.4. The minimum absolute atomic E-state index is 0.366. The molecule has 10 heteroatoms. The number of hydrogen-bond donors (Lipinski definition) is 1. The van der Waals surface area contributed by atoms with Crippen molar-refractivity contribution in [2.45, 2.75) is 19.8 Å². The van der Waals surface area contributed by atoms with Gasteiger partial charge in [-0.25, -0.2) is 9.59 Å². The molecule has 8 nitrogen and oxygen atoms in total. The highest BCUT2D eigenvalue weighted by atomic mass is 35.5. The van der Waals surface area contributed by atoms with Gasteiger partial charge in [-0.15, -0.1) is 5.10 Å². The molecule has 0 aliphatic carbocycles. The van der Waals surface area contributed by atoms with Crippen LogP contribution in [0.5, 0.6) is 0 Å². The van der Waals surface area contributed by atoms with Crippen molar-refractivity contribution in [1.29, 1.82) is 0 Å². The van der Waals surface area contributed by atoms with Crippen LogP contribution in [0, 0.1) is 6.92 Å². The molecule has 7 aromatic rings. The van der Waals surface area contributed by atoms with Crippen molar-refractivity contribution >= 4 is 56.9 Å². The molecule has 0 spiro atoms. The Kier molecular flexibility index (Phi) is 10.1. The number of aromatic nitrogens is 4. The van der Waals surface area contributed by atoms with Crippen LogP contribution in [-0.4, -0.2) is 45.9 Å². The zero-order chi connectivity index (χ0) is 34.5. The number of aromatic amines is 1. The Hall–Kier alpha value is -5.44. The van der Waals surface area contributed by atoms with Crippen molar-refractivity contribution in [3.05, 3.63) is 159 Å². The third kappa shape index (κ3) is 7.67. The van der Waals surface area contributed by atoms with Crippen LogP contribution in [0.2, 0.25) is 10.0 Å². The van der Waals surface area contributed by atoms with Crippen LogP contribution in [0.15, 0.2) is 109 Å². The lowest BCUT2D eigenvalue weighted by Gasteiger charge is -2.09. The summed E-state index contributed by atoms with van der Waals surface area (Å²) in [5.41, 5.74) is 8.03. The van der Waals surface area contributed by atoms with Crippen LogP contribution in [0.1, 0.15) is 48.7 Å². The van der Waals surface area contributed by atoms with Crippen molar-refractivity contribution in [1.82, 2.24) is 19.7 Å². The molecule has 3 aromatic heterocycles. The molecule has 0 saturated heterocycles. The van der Waals surface area contributed by atoms with Gasteiger partial charge in [-0.05, 0) is 120 Å². The van der Waals surface area contributed by atoms with E-state index in [1.807, 2.05) is 66.3 Å². The molecular weight excluding hydrogens is 659 g/mol. The van der Waals surface area contributed by atoms with E-state index in [4.69, 9.17) is 32.7 Å². The number of aryl methyl sites for hydroxylation is 1. The van der Waals surface area contributed by atoms with Gasteiger partial charge in [0.25, 0.3) is 0 Å². The minimum atomic E-state index is -0.386. The maximum absolute atomic E-state index is 12.1. The van der Waals surface area contributed by atoms with E-state index in [1.165, 1.54) is 14.2 Å². The van der Waals surface area contributed by atoms with Gasteiger partial charge in [-0.3, -0.25) is 4.57 Å². The van der Waals surface area contributed by atoms with E-state index in [9.17, 15) is 9.59 Å². The minimum Gasteiger partial charge on any atom is -0.465 e. The number of carbonyl (C=O) groups excluding carboxylic acids is 2. The number of hydrogen-bond acceptors (Lipinski definition) is 6. The predicted octanol–water partition coefficient (Wildman–Crippen LogP) is 8.96. The van der Waals surface area contributed by atoms with Crippen molar-refractivity contribution in [3.8, 4) is 5.82 Å². The quantitative estimate of drug-likeness (QED) is 0.168. The third-order valence-corrected chi connectivity index (χ3v) is 8.62. The van der Waals surface area contributed by atoms with E-state index in [2.05, 4.69) is 45.5 Å². The molecule has 3 heterocycles. The van der Waals surface area contributed by atoms with Gasteiger partial charge < -0.3 is 14.5 Å². The summed E-state index contributed by atoms with van der Waals surface area (Å²) in [6.07, 6.45) is 5.16. The SMILES string of the molecule is COC(=O)c1cc(Cl)ccc1Cc1ccc2[nH]ccc2c1.COC(=O)c1cc(Cl)ccc1Cc1ccc2c(ccn2-c2ccc(C)nn2)c1. The van der Waals surface area contributed by atoms with E-state index in [0.717, 1.165) is 55.6 Å². The van der Waals surface area contributed by atoms with E-state index >= 15 is 0 Å². The molecule has 0 saturated carbocycles. The molecule has 0 fully saturated rings. The lowest BCUT2D eigenvalue weighted by molar-refractivity contribution is 0.0590. The van der Waals surface area contributed by atoms with E-state index in [1.54, 1.807) is 24.3 Å². The number of nitrogens with one attached hydrogen (secondary N) is 1. The second-order valence-electron chi connectivity index (χ2n) is 11.5. The van der Waals surface area contributed by atoms with E-state index < -0.39 is 0 Å². The van der Waals surface area contributed by atoms with Gasteiger partial charge in [0.15, 0.2) is 5.82 Å². The third-order valence-electron chi connectivity index (χ3n) is 8.15. The molecule has 0 aliphatic rings. The number of carbonyl (C=O) groups is 2. The van der Waals surface area contributed by atoms with Crippen LogP contribution in [-0.2, 0) is 22.3 Å². The van der Waals surface area contributed by atoms with Crippen LogP contribution in [0.3, 0.4) is 0 Å². The first-order chi connectivity index (χ1) is 23.7. The molecular formula is C39H32Cl2N4O4. The van der Waals surface area contributed by atoms with E-state index in [0.29, 0.717) is 34.0 Å². The van der Waals surface area contributed by atoms with E-state index in [-0.39, 0.29) is 11.9 Å². The summed E-state index contributed by atoms with van der Waals surface area (Å²) in [4.78, 5) is 27.1. The summed E-state index contributed by atoms with van der Waals surface area (Å²) in [6.45, 7) is 1.91. The summed E-state index contributed by atoms with van der Waals surface area (Å²) >= 11 is 12.0. The van der Waals surface area contributed by atoms with Gasteiger partial charge >= 0.3 is 11.9 Å². The second kappa shape index (κ2) is 14.8. The first-order valence-corrected chi connectivity index (χ1v) is 16.2. The van der Waals surface area contributed by atoms with Crippen LogP contribution < -0.4 is 0 Å². The number of esters is 2. The van der Waals surface area contributed by atoms with Gasteiger partial charge in [0, 0.05) is 33.3 Å². The Bertz CT molecular complexity index is 2290. The van der Waals surface area contributed by atoms with Gasteiger partial charge in [0.05, 0.1) is 36.6 Å². The van der Waals surface area contributed by atoms with Crippen molar-refractivity contribution in [2.24, 2.45) is 0 Å². The molecule has 0 unspecified atom stereocenters. The summed E-state index contributed by atoms with van der Waals surface area (Å²) in [6, 6.07) is 31.0. The highest BCUT2D eigenvalue weighted by Crippen LogP contribution is 2.25. The topological polar surface area (TPSA) is 99.1 Å². The first kappa shape index (κ1) is 33.5. The largest absolute Gasteiger partial charge is 0.465 e. The molecule has 246 valence electrons. The normalized spacial score (nSPS) is 10.9. The highest BCUT2D eigenvalue weighted by Gasteiger charge is 2.15. The molecule has 4 aromatic carbocycles. The standard InChI is InChI=1S/C22H18ClN3O2.C17H14ClNO2/c1-14-3-8-21(25-24-14)26-10-9-17-12-15(4-7-20(17)26)11-16-5-6-18(23)13-19(16)22(27)28-2;1-21-17(20)15-10-14(18)4-3-12(15)8-11-2-5-16-13(9-11)6-7-19-16/h3-10,12-13H,11H2,1-2H3;2-7,9-10,19H,8H2,1H3. The number of halogens is 2. The van der Waals surface area contributed by atoms with Crippen LogP contribution >= 0.6 is 23.2 Å². The number of benzene rings is 4. The smallest absolute Gasteiger partial charge is 0.338 e. The molecule has 7 rings (SSSR count). The maximum atomic E-state index is 12.1. The Morgan fingerprint density at radius 3 is 1.90 bits per heavy atom. The average Bonchev–Trinajstić information content (AvgIpc) is 3.76. The molecule has 0 atom stereocenters. The fourth-order valence-electron chi connectivity index (χ4n) is 5.68. The summed E-state index contributed by atoms with van der Waals surface area (Å²) in [5, 5.41) is 11.7. The van der Waals surface area contributed by atoms with Crippen LogP contribution in [0.4, 0.5) is 0 Å². The average molecular weight is 692 g/mol. The van der Waals surface area contributed by atoms with Gasteiger partial charge in [-0.1, -0.05) is 47.5 Å². The zero-order valence-corrected chi connectivity index (χ0v) is 28.5. The Morgan fingerprint density at radius 1 is 0.694 bits per heavy atom. The number of nitrogens with zero attached hydrogens (tertiary/aromatic N) is 3. The molecule has 0 bridgehead atoms. The predicted molar refractivity (Wildman–Crippen MR) is 193 cm³/mol. The van der Waals surface area contributed by atoms with Gasteiger partial charge in [0.2, 0.25) is 0 Å². The lowest BCUT2D eigenvalue weighted by Crippen LogP contribution is -2.06. The Balaban J connectivity index is 0.000000177. The second-order valence-corrected chi connectivity index (χ2v) is 12.3. The molecule has 49 heavy (non-hydrogen) atoms. The van der Waals surface area contributed by atoms with Crippen molar-refractivity contribution < 1.29 is 19.1 Å². The fraction of sp³-hybridized carbons (Fsp3) is 0.128. The number of methoxy groups -OCH3 is 2. The highest BCUT2D eigenvalue weighted by molar-refractivity contribution is 6.31. The molecule has 0 radical (unpaired) electrons. The van der Waals surface area contributed by atoms with Crippen molar-refractivity contribution in [2.75, 3.05) is 14.2 Å². The summed E-state index contributed by atoms with van der Waals surface area (Å²) in [7, 11) is 2.74. The fourth-order valence-corrected chi connectivity index (χ4v) is 6.02. The van der Waals surface area contributed by atoms with Gasteiger partial charge in [-0.2, -0.15) is 5.10 Å². The molecule has 1 N–H and O–H groups in total. The Morgan fingerprint density at radius 2 is 1.31 bits per heavy atom. The number of ether oxygens (including phenoxy) is 2. The lowest BCUT2D eigenvalue weighted by atomic mass is 9.99. The summed E-state index contributed by atoms with van der Waals surface area (Å²) in [5.74, 6) is 0.0249. The molecule has 0 amide bonds. The maximum Gasteiger partial charge on any atom is 0.338 e. The zero-order valence-electron chi connectivity index (χ0n) is 27.0. The number of fused-ring (bicyclic) bond motifs is 2. The van der Waals surface area contributed by atoms with Gasteiger partial charge in [0.1, 0.15) is 0 Å². The Labute approximate surface area is 293 Å².